The molecule has 0 saturated carbocycles. The van der Waals surface area contributed by atoms with Crippen LogP contribution in [-0.4, -0.2) is 49.3 Å². The number of fused-ring (bicyclic) bond motifs is 1. The Labute approximate surface area is 146 Å². The second-order valence-corrected chi connectivity index (χ2v) is 6.66. The first-order chi connectivity index (χ1) is 11.9. The molecule has 25 heavy (non-hydrogen) atoms. The number of carbonyl (C=O) groups excluding carboxylic acids is 2. The molecule has 2 aromatic heterocycles. The van der Waals surface area contributed by atoms with Crippen LogP contribution in [0.5, 0.6) is 0 Å². The normalized spacial score (nSPS) is 15.4. The van der Waals surface area contributed by atoms with Crippen LogP contribution >= 0.6 is 0 Å². The van der Waals surface area contributed by atoms with Gasteiger partial charge in [-0.05, 0) is 32.4 Å². The van der Waals surface area contributed by atoms with Crippen LogP contribution in [0.1, 0.15) is 47.8 Å². The smallest absolute Gasteiger partial charge is 0.272 e. The summed E-state index contributed by atoms with van der Waals surface area (Å²) in [6, 6.07) is 3.70. The van der Waals surface area contributed by atoms with Gasteiger partial charge in [-0.1, -0.05) is 0 Å². The van der Waals surface area contributed by atoms with Crippen molar-refractivity contribution in [3.63, 3.8) is 0 Å². The van der Waals surface area contributed by atoms with Crippen molar-refractivity contribution in [2.45, 2.75) is 52.7 Å². The highest BCUT2D eigenvalue weighted by molar-refractivity contribution is 5.92. The fourth-order valence-electron chi connectivity index (χ4n) is 3.08. The molecular weight excluding hydrogens is 320 g/mol. The molecule has 8 nitrogen and oxygen atoms in total. The third-order valence-corrected chi connectivity index (χ3v) is 4.34. The minimum atomic E-state index is -0.199. The molecule has 0 fully saturated rings. The lowest BCUT2D eigenvalue weighted by atomic mass is 10.1. The molecule has 1 atom stereocenters. The lowest BCUT2D eigenvalue weighted by molar-refractivity contribution is -0.129. The van der Waals surface area contributed by atoms with Crippen LogP contribution in [-0.2, 0) is 24.3 Å². The van der Waals surface area contributed by atoms with Crippen LogP contribution in [0.4, 0.5) is 0 Å². The predicted molar refractivity (Wildman–Crippen MR) is 91.9 cm³/mol. The number of hydrogen-bond acceptors (Lipinski definition) is 4. The molecule has 0 radical (unpaired) electrons. The zero-order valence-electron chi connectivity index (χ0n) is 14.9. The van der Waals surface area contributed by atoms with Gasteiger partial charge in [0.15, 0.2) is 5.69 Å². The van der Waals surface area contributed by atoms with Gasteiger partial charge in [-0.2, -0.15) is 10.2 Å². The van der Waals surface area contributed by atoms with E-state index in [9.17, 15) is 9.59 Å². The summed E-state index contributed by atoms with van der Waals surface area (Å²) in [5, 5.41) is 14.5. The second kappa shape index (κ2) is 7.08. The lowest BCUT2D eigenvalue weighted by Crippen LogP contribution is -2.34. The van der Waals surface area contributed by atoms with Crippen LogP contribution < -0.4 is 5.32 Å². The molecule has 1 aliphatic rings. The van der Waals surface area contributed by atoms with Gasteiger partial charge in [-0.15, -0.1) is 0 Å². The predicted octanol–water partition coefficient (Wildman–Crippen LogP) is 1.03. The molecule has 2 N–H and O–H groups in total. The van der Waals surface area contributed by atoms with Crippen LogP contribution in [0.15, 0.2) is 12.1 Å². The maximum absolute atomic E-state index is 12.5. The first-order valence-electron chi connectivity index (χ1n) is 8.56. The Bertz CT molecular complexity index is 778. The van der Waals surface area contributed by atoms with Crippen molar-refractivity contribution in [3.8, 4) is 0 Å². The van der Waals surface area contributed by atoms with E-state index in [1.165, 1.54) is 0 Å². The van der Waals surface area contributed by atoms with Crippen LogP contribution in [0, 0.1) is 6.92 Å². The Morgan fingerprint density at radius 2 is 2.16 bits per heavy atom. The number of nitrogens with one attached hydrogen (secondary N) is 2. The Kier molecular flexibility index (Phi) is 4.87. The van der Waals surface area contributed by atoms with Crippen molar-refractivity contribution < 1.29 is 9.59 Å². The lowest BCUT2D eigenvalue weighted by Gasteiger charge is -2.17. The molecule has 2 amide bonds. The molecule has 2 aromatic rings. The summed E-state index contributed by atoms with van der Waals surface area (Å²) in [5.74, 6) is -0.154. The molecule has 0 aliphatic carbocycles. The number of carbonyl (C=O) groups is 2. The zero-order chi connectivity index (χ0) is 18.0. The van der Waals surface area contributed by atoms with E-state index in [2.05, 4.69) is 20.6 Å². The van der Waals surface area contributed by atoms with E-state index < -0.39 is 0 Å². The fraction of sp³-hybridized carbons (Fsp3) is 0.529. The van der Waals surface area contributed by atoms with Crippen molar-refractivity contribution in [1.29, 1.82) is 0 Å². The quantitative estimate of drug-likeness (QED) is 0.866. The van der Waals surface area contributed by atoms with Gasteiger partial charge in [0.1, 0.15) is 0 Å². The number of aryl methyl sites for hydroxylation is 2. The van der Waals surface area contributed by atoms with Crippen molar-refractivity contribution in [1.82, 2.24) is 30.2 Å². The van der Waals surface area contributed by atoms with Crippen molar-refractivity contribution in [2.75, 3.05) is 6.54 Å². The highest BCUT2D eigenvalue weighted by Gasteiger charge is 2.21. The molecule has 8 heteroatoms. The van der Waals surface area contributed by atoms with Crippen LogP contribution in [0.3, 0.4) is 0 Å². The highest BCUT2D eigenvalue weighted by atomic mass is 16.2. The topological polar surface area (TPSA) is 95.9 Å². The fourth-order valence-corrected chi connectivity index (χ4v) is 3.08. The summed E-state index contributed by atoms with van der Waals surface area (Å²) in [6.45, 7) is 7.40. The maximum Gasteiger partial charge on any atom is 0.272 e. The van der Waals surface area contributed by atoms with Crippen molar-refractivity contribution in [2.24, 2.45) is 0 Å². The van der Waals surface area contributed by atoms with E-state index in [0.29, 0.717) is 25.2 Å². The van der Waals surface area contributed by atoms with Crippen molar-refractivity contribution >= 4 is 11.8 Å². The summed E-state index contributed by atoms with van der Waals surface area (Å²) in [5.41, 5.74) is 3.21. The number of amides is 2. The molecule has 0 saturated heterocycles. The minimum absolute atomic E-state index is 0.0450. The number of aromatic amines is 1. The Balaban J connectivity index is 1.65. The molecule has 3 heterocycles. The van der Waals surface area contributed by atoms with Gasteiger partial charge < -0.3 is 10.2 Å². The van der Waals surface area contributed by atoms with E-state index in [0.717, 1.165) is 30.0 Å². The zero-order valence-corrected chi connectivity index (χ0v) is 14.9. The van der Waals surface area contributed by atoms with Gasteiger partial charge in [0, 0.05) is 38.2 Å². The van der Waals surface area contributed by atoms with Gasteiger partial charge >= 0.3 is 0 Å². The van der Waals surface area contributed by atoms with E-state index in [1.807, 2.05) is 24.6 Å². The summed E-state index contributed by atoms with van der Waals surface area (Å²) < 4.78 is 1.83. The maximum atomic E-state index is 12.5. The first kappa shape index (κ1) is 17.2. The SMILES string of the molecule is CC(=O)N1CCCn2nc(C(=O)N[C@H](C)Cc3cc(C)[nH]n3)cc2C1. The number of H-pyrrole nitrogens is 1. The van der Waals surface area contributed by atoms with Gasteiger partial charge in [0.05, 0.1) is 17.9 Å². The van der Waals surface area contributed by atoms with Gasteiger partial charge in [-0.25, -0.2) is 0 Å². The average molecular weight is 344 g/mol. The monoisotopic (exact) mass is 344 g/mol. The molecule has 0 aromatic carbocycles. The van der Waals surface area contributed by atoms with Gasteiger partial charge in [0.2, 0.25) is 5.91 Å². The Morgan fingerprint density at radius 3 is 2.84 bits per heavy atom. The summed E-state index contributed by atoms with van der Waals surface area (Å²) in [6.07, 6.45) is 1.49. The molecule has 1 aliphatic heterocycles. The number of nitrogens with zero attached hydrogens (tertiary/aromatic N) is 4. The molecule has 0 spiro atoms. The summed E-state index contributed by atoms with van der Waals surface area (Å²) in [7, 11) is 0. The van der Waals surface area contributed by atoms with E-state index >= 15 is 0 Å². The number of aromatic nitrogens is 4. The third kappa shape index (κ3) is 4.07. The second-order valence-electron chi connectivity index (χ2n) is 6.66. The van der Waals surface area contributed by atoms with Crippen molar-refractivity contribution in [3.05, 3.63) is 34.9 Å². The highest BCUT2D eigenvalue weighted by Crippen LogP contribution is 2.14. The average Bonchev–Trinajstić information content (AvgIpc) is 3.07. The molecule has 134 valence electrons. The Morgan fingerprint density at radius 1 is 1.36 bits per heavy atom. The van der Waals surface area contributed by atoms with Gasteiger partial charge in [-0.3, -0.25) is 19.4 Å². The summed E-state index contributed by atoms with van der Waals surface area (Å²) in [4.78, 5) is 25.9. The molecule has 0 unspecified atom stereocenters. The van der Waals surface area contributed by atoms with Gasteiger partial charge in [0.25, 0.3) is 5.91 Å². The standard InChI is InChI=1S/C17H24N6O2/c1-11(7-14-8-12(2)19-20-14)18-17(25)16-9-15-10-22(13(3)24)5-4-6-23(15)21-16/h8-9,11H,4-7,10H2,1-3H3,(H,18,25)(H,19,20)/t11-/m1/s1. The Hall–Kier alpha value is -2.64. The molecular formula is C17H24N6O2. The van der Waals surface area contributed by atoms with Crippen LogP contribution in [0.2, 0.25) is 0 Å². The number of hydrogen-bond donors (Lipinski definition) is 2. The summed E-state index contributed by atoms with van der Waals surface area (Å²) >= 11 is 0. The van der Waals surface area contributed by atoms with Crippen LogP contribution in [0.25, 0.3) is 0 Å². The largest absolute Gasteiger partial charge is 0.348 e. The molecule has 3 rings (SSSR count). The molecule has 0 bridgehead atoms. The van der Waals surface area contributed by atoms with E-state index in [-0.39, 0.29) is 17.9 Å². The minimum Gasteiger partial charge on any atom is -0.348 e. The third-order valence-electron chi connectivity index (χ3n) is 4.34. The van der Waals surface area contributed by atoms with E-state index in [1.54, 1.807) is 17.9 Å². The first-order valence-corrected chi connectivity index (χ1v) is 8.56. The number of rotatable bonds is 4. The van der Waals surface area contributed by atoms with E-state index in [4.69, 9.17) is 0 Å².